The maximum absolute atomic E-state index is 4.63. The van der Waals surface area contributed by atoms with Crippen LogP contribution in [0.1, 0.15) is 33.4 Å². The van der Waals surface area contributed by atoms with Gasteiger partial charge in [0, 0.05) is 18.6 Å². The fourth-order valence-electron chi connectivity index (χ4n) is 7.60. The average Bonchev–Trinajstić information content (AvgIpc) is 3.32. The van der Waals surface area contributed by atoms with Gasteiger partial charge in [0.15, 0.2) is 0 Å². The number of nitrogens with zero attached hydrogens (tertiary/aromatic N) is 3. The van der Waals surface area contributed by atoms with Crippen molar-refractivity contribution in [2.75, 3.05) is 0 Å². The third kappa shape index (κ3) is 11.4. The monoisotopic (exact) mass is 965 g/mol. The second-order valence-electron chi connectivity index (χ2n) is 15.0. The van der Waals surface area contributed by atoms with E-state index in [4.69, 9.17) is 0 Å². The van der Waals surface area contributed by atoms with E-state index >= 15 is 0 Å². The van der Waals surface area contributed by atoms with Crippen molar-refractivity contribution in [2.45, 2.75) is 39.5 Å². The molecule has 9 aromatic rings. The standard InChI is InChI=1S/C32H26N2.C25H20N.Ir/c1-2-9-29(10-3-1)32-21-18-28(24-34-32)15-14-27-8-6-7-26(23-27)13-12-25-16-19-30(20-17-25)31-11-4-5-22-33-31;1-18-15-23(20-9-5-3-6-10-20)16-19(2)25(18)22-13-14-26-24(17-22)21-11-7-4-8-12-21;/h1-9,11,16-19,21-24H,12-15H2;3-11,13-17H,1-2H3;/q-2;-1;+3. The van der Waals surface area contributed by atoms with E-state index in [2.05, 4.69) is 156 Å². The van der Waals surface area contributed by atoms with E-state index in [0.29, 0.717) is 0 Å². The van der Waals surface area contributed by atoms with Gasteiger partial charge in [-0.25, -0.2) is 0 Å². The Bertz CT molecular complexity index is 2610. The number of aromatic nitrogens is 3. The van der Waals surface area contributed by atoms with Gasteiger partial charge in [-0.3, -0.25) is 0 Å². The molecular formula is C57H46IrN3. The van der Waals surface area contributed by atoms with Gasteiger partial charge in [0.05, 0.1) is 0 Å². The number of hydrogen-bond donors (Lipinski definition) is 0. The van der Waals surface area contributed by atoms with E-state index in [0.717, 1.165) is 59.5 Å². The summed E-state index contributed by atoms with van der Waals surface area (Å²) in [6.45, 7) is 4.37. The van der Waals surface area contributed by atoms with Gasteiger partial charge in [-0.15, -0.1) is 107 Å². The minimum absolute atomic E-state index is 0. The third-order valence-electron chi connectivity index (χ3n) is 10.7. The minimum Gasteiger partial charge on any atom is -0.305 e. The van der Waals surface area contributed by atoms with E-state index in [1.165, 1.54) is 55.6 Å². The van der Waals surface area contributed by atoms with Gasteiger partial charge >= 0.3 is 20.1 Å². The molecule has 4 heteroatoms. The predicted octanol–water partition coefficient (Wildman–Crippen LogP) is 13.5. The van der Waals surface area contributed by atoms with Crippen molar-refractivity contribution < 1.29 is 20.1 Å². The van der Waals surface area contributed by atoms with Crippen LogP contribution < -0.4 is 0 Å². The molecule has 3 heterocycles. The molecule has 3 aromatic heterocycles. The fourth-order valence-corrected chi connectivity index (χ4v) is 7.60. The molecule has 0 unspecified atom stereocenters. The first kappa shape index (κ1) is 42.5. The van der Waals surface area contributed by atoms with E-state index in [-0.39, 0.29) is 20.1 Å². The zero-order valence-electron chi connectivity index (χ0n) is 34.5. The summed E-state index contributed by atoms with van der Waals surface area (Å²) < 4.78 is 0. The van der Waals surface area contributed by atoms with Gasteiger partial charge < -0.3 is 15.0 Å². The molecule has 6 aromatic carbocycles. The van der Waals surface area contributed by atoms with Gasteiger partial charge in [0.2, 0.25) is 0 Å². The van der Waals surface area contributed by atoms with Crippen LogP contribution in [-0.2, 0) is 45.8 Å². The largest absolute Gasteiger partial charge is 3.00 e. The maximum Gasteiger partial charge on any atom is 3.00 e. The van der Waals surface area contributed by atoms with Crippen LogP contribution in [-0.4, -0.2) is 15.0 Å². The number of aryl methyl sites for hydroxylation is 6. The average molecular weight is 965 g/mol. The number of rotatable bonds is 11. The van der Waals surface area contributed by atoms with Crippen LogP contribution in [0.4, 0.5) is 0 Å². The molecule has 0 amide bonds. The van der Waals surface area contributed by atoms with Crippen molar-refractivity contribution in [1.82, 2.24) is 15.0 Å². The number of hydrogen-bond acceptors (Lipinski definition) is 3. The van der Waals surface area contributed by atoms with Gasteiger partial charge in [-0.1, -0.05) is 103 Å². The molecule has 0 radical (unpaired) electrons. The van der Waals surface area contributed by atoms with Crippen molar-refractivity contribution in [3.8, 4) is 56.0 Å². The normalized spacial score (nSPS) is 10.6. The van der Waals surface area contributed by atoms with E-state index < -0.39 is 0 Å². The Hall–Kier alpha value is -6.58. The molecule has 0 fully saturated rings. The molecule has 0 aliphatic rings. The van der Waals surface area contributed by atoms with Crippen molar-refractivity contribution in [2.24, 2.45) is 0 Å². The van der Waals surface area contributed by atoms with Crippen molar-refractivity contribution >= 4 is 0 Å². The van der Waals surface area contributed by atoms with Crippen LogP contribution in [0, 0.1) is 32.0 Å². The zero-order valence-corrected chi connectivity index (χ0v) is 36.9. The summed E-state index contributed by atoms with van der Waals surface area (Å²) in [7, 11) is 0. The van der Waals surface area contributed by atoms with Crippen LogP contribution in [0.25, 0.3) is 56.0 Å². The third-order valence-corrected chi connectivity index (χ3v) is 10.7. The molecular weight excluding hydrogens is 919 g/mol. The molecule has 0 bridgehead atoms. The Morgan fingerprint density at radius 2 is 1.00 bits per heavy atom. The molecule has 0 aliphatic carbocycles. The molecule has 0 saturated carbocycles. The topological polar surface area (TPSA) is 38.7 Å². The Morgan fingerprint density at radius 3 is 1.62 bits per heavy atom. The molecule has 0 atom stereocenters. The van der Waals surface area contributed by atoms with E-state index in [1.54, 1.807) is 0 Å². The van der Waals surface area contributed by atoms with Gasteiger partial charge in [0.25, 0.3) is 0 Å². The molecule has 298 valence electrons. The van der Waals surface area contributed by atoms with Gasteiger partial charge in [-0.05, 0) is 112 Å². The molecule has 0 aliphatic heterocycles. The van der Waals surface area contributed by atoms with E-state index in [1.807, 2.05) is 85.3 Å². The second kappa shape index (κ2) is 21.1. The summed E-state index contributed by atoms with van der Waals surface area (Å²) in [4.78, 5) is 13.6. The van der Waals surface area contributed by atoms with Crippen LogP contribution in [0.2, 0.25) is 0 Å². The first-order valence-corrected chi connectivity index (χ1v) is 20.6. The molecule has 9 rings (SSSR count). The Labute approximate surface area is 374 Å². The molecule has 3 nitrogen and oxygen atoms in total. The second-order valence-corrected chi connectivity index (χ2v) is 15.0. The Morgan fingerprint density at radius 1 is 0.393 bits per heavy atom. The Kier molecular flexibility index (Phi) is 14.7. The molecule has 0 N–H and O–H groups in total. The Balaban J connectivity index is 0.000000187. The number of pyridine rings is 3. The van der Waals surface area contributed by atoms with Crippen LogP contribution in [0.15, 0.2) is 195 Å². The van der Waals surface area contributed by atoms with Crippen LogP contribution in [0.5, 0.6) is 0 Å². The maximum atomic E-state index is 4.63. The minimum atomic E-state index is 0. The SMILES string of the molecule is Cc1cc(-c2ccccc2)cc(C)c1-c1ccnc(-c2[c-]cccc2)c1.[Ir+3].[c-]1cc(CCc2cccc(CCc3ccc(-c4[c-]cccc4)nc3)c2)ccc1-c1ccccn1. The zero-order chi connectivity index (χ0) is 40.9. The predicted molar refractivity (Wildman–Crippen MR) is 247 cm³/mol. The summed E-state index contributed by atoms with van der Waals surface area (Å²) in [6, 6.07) is 70.7. The summed E-state index contributed by atoms with van der Waals surface area (Å²) in [5.41, 5.74) is 18.8. The molecule has 0 saturated heterocycles. The van der Waals surface area contributed by atoms with Gasteiger partial charge in [0.1, 0.15) is 0 Å². The van der Waals surface area contributed by atoms with E-state index in [9.17, 15) is 0 Å². The van der Waals surface area contributed by atoms with Crippen LogP contribution >= 0.6 is 0 Å². The van der Waals surface area contributed by atoms with Gasteiger partial charge in [-0.2, -0.15) is 0 Å². The van der Waals surface area contributed by atoms with Crippen molar-refractivity contribution in [1.29, 1.82) is 0 Å². The molecule has 0 spiro atoms. The number of benzene rings is 6. The summed E-state index contributed by atoms with van der Waals surface area (Å²) in [5.74, 6) is 0. The summed E-state index contributed by atoms with van der Waals surface area (Å²) >= 11 is 0. The quantitative estimate of drug-likeness (QED) is 0.121. The van der Waals surface area contributed by atoms with Crippen molar-refractivity contribution in [3.05, 3.63) is 246 Å². The van der Waals surface area contributed by atoms with Crippen molar-refractivity contribution in [3.63, 3.8) is 0 Å². The van der Waals surface area contributed by atoms with Crippen LogP contribution in [0.3, 0.4) is 0 Å². The summed E-state index contributed by atoms with van der Waals surface area (Å²) in [5, 5.41) is 0. The first-order chi connectivity index (χ1) is 29.6. The molecule has 61 heavy (non-hydrogen) atoms. The summed E-state index contributed by atoms with van der Waals surface area (Å²) in [6.07, 6.45) is 9.72. The fraction of sp³-hybridized carbons (Fsp3) is 0.105. The first-order valence-electron chi connectivity index (χ1n) is 20.6. The smallest absolute Gasteiger partial charge is 0.305 e.